The molecule has 1 amide bonds. The van der Waals surface area contributed by atoms with Crippen molar-refractivity contribution in [2.24, 2.45) is 0 Å². The van der Waals surface area contributed by atoms with Gasteiger partial charge in [-0.3, -0.25) is 4.79 Å². The highest BCUT2D eigenvalue weighted by Crippen LogP contribution is 2.40. The van der Waals surface area contributed by atoms with Crippen molar-refractivity contribution in [1.29, 1.82) is 0 Å². The molecule has 0 unspecified atom stereocenters. The maximum absolute atomic E-state index is 12.3. The van der Waals surface area contributed by atoms with E-state index in [1.807, 2.05) is 22.4 Å². The number of nitrogens with zero attached hydrogens (tertiary/aromatic N) is 3. The van der Waals surface area contributed by atoms with Crippen LogP contribution in [0.5, 0.6) is 0 Å². The van der Waals surface area contributed by atoms with E-state index in [2.05, 4.69) is 10.2 Å². The van der Waals surface area contributed by atoms with E-state index in [1.54, 1.807) is 11.3 Å². The molecule has 0 bridgehead atoms. The fourth-order valence-corrected chi connectivity index (χ4v) is 3.65. The standard InChI is InChI=1S/C16H19N3O2S/c20-14(10-13-2-1-9-22-13)19-7-5-12(6-8-19)16-18-17-15(21-16)11-3-4-11/h1-2,9,11-12H,3-8,10H2. The number of piperidine rings is 1. The zero-order valence-electron chi connectivity index (χ0n) is 12.4. The number of carbonyl (C=O) groups is 1. The molecule has 6 heteroatoms. The molecule has 0 atom stereocenters. The topological polar surface area (TPSA) is 59.2 Å². The quantitative estimate of drug-likeness (QED) is 0.870. The second kappa shape index (κ2) is 5.83. The van der Waals surface area contributed by atoms with Crippen molar-refractivity contribution in [3.63, 3.8) is 0 Å². The van der Waals surface area contributed by atoms with Gasteiger partial charge < -0.3 is 9.32 Å². The van der Waals surface area contributed by atoms with Crippen LogP contribution < -0.4 is 0 Å². The van der Waals surface area contributed by atoms with E-state index in [9.17, 15) is 4.79 Å². The Bertz CT molecular complexity index is 640. The molecule has 0 radical (unpaired) electrons. The first-order valence-electron chi connectivity index (χ1n) is 7.93. The van der Waals surface area contributed by atoms with Crippen LogP contribution in [0.1, 0.15) is 54.2 Å². The summed E-state index contributed by atoms with van der Waals surface area (Å²) in [6.45, 7) is 1.58. The van der Waals surface area contributed by atoms with Crippen LogP contribution in [-0.4, -0.2) is 34.1 Å². The van der Waals surface area contributed by atoms with Crippen molar-refractivity contribution in [3.05, 3.63) is 34.2 Å². The van der Waals surface area contributed by atoms with Crippen LogP contribution in [-0.2, 0) is 11.2 Å². The molecule has 4 rings (SSSR count). The highest BCUT2D eigenvalue weighted by molar-refractivity contribution is 7.10. The summed E-state index contributed by atoms with van der Waals surface area (Å²) in [5.74, 6) is 2.63. The molecule has 1 aliphatic heterocycles. The Labute approximate surface area is 133 Å². The van der Waals surface area contributed by atoms with Crippen LogP contribution in [0.25, 0.3) is 0 Å². The second-order valence-electron chi connectivity index (χ2n) is 6.16. The predicted molar refractivity (Wildman–Crippen MR) is 82.9 cm³/mol. The first-order valence-corrected chi connectivity index (χ1v) is 8.81. The monoisotopic (exact) mass is 317 g/mol. The summed E-state index contributed by atoms with van der Waals surface area (Å²) in [6.07, 6.45) is 4.72. The molecule has 0 aromatic carbocycles. The fourth-order valence-electron chi connectivity index (χ4n) is 2.96. The maximum Gasteiger partial charge on any atom is 0.227 e. The Hall–Kier alpha value is -1.69. The van der Waals surface area contributed by atoms with Gasteiger partial charge in [0.1, 0.15) is 0 Å². The van der Waals surface area contributed by atoms with E-state index in [-0.39, 0.29) is 5.91 Å². The van der Waals surface area contributed by atoms with Gasteiger partial charge in [0.25, 0.3) is 0 Å². The smallest absolute Gasteiger partial charge is 0.227 e. The van der Waals surface area contributed by atoms with Crippen molar-refractivity contribution in [2.45, 2.75) is 43.9 Å². The number of amides is 1. The molecule has 0 spiro atoms. The highest BCUT2D eigenvalue weighted by Gasteiger charge is 2.32. The van der Waals surface area contributed by atoms with Crippen molar-refractivity contribution in [3.8, 4) is 0 Å². The van der Waals surface area contributed by atoms with Gasteiger partial charge in [-0.2, -0.15) is 0 Å². The Morgan fingerprint density at radius 3 is 2.45 bits per heavy atom. The number of likely N-dealkylation sites (tertiary alicyclic amines) is 1. The summed E-state index contributed by atoms with van der Waals surface area (Å²) >= 11 is 1.64. The van der Waals surface area contributed by atoms with Gasteiger partial charge in [-0.15, -0.1) is 21.5 Å². The van der Waals surface area contributed by atoms with Gasteiger partial charge in [-0.25, -0.2) is 0 Å². The maximum atomic E-state index is 12.3. The summed E-state index contributed by atoms with van der Waals surface area (Å²) in [5, 5.41) is 10.4. The molecule has 1 saturated carbocycles. The summed E-state index contributed by atoms with van der Waals surface area (Å²) in [7, 11) is 0. The normalized spacial score (nSPS) is 19.5. The van der Waals surface area contributed by atoms with Crippen LogP contribution in [0.4, 0.5) is 0 Å². The highest BCUT2D eigenvalue weighted by atomic mass is 32.1. The van der Waals surface area contributed by atoms with Gasteiger partial charge in [-0.05, 0) is 37.1 Å². The first kappa shape index (κ1) is 13.9. The fraction of sp³-hybridized carbons (Fsp3) is 0.562. The summed E-state index contributed by atoms with van der Waals surface area (Å²) < 4.78 is 5.80. The lowest BCUT2D eigenvalue weighted by atomic mass is 9.96. The van der Waals surface area contributed by atoms with E-state index in [1.165, 1.54) is 12.8 Å². The van der Waals surface area contributed by atoms with Gasteiger partial charge in [0.2, 0.25) is 17.7 Å². The van der Waals surface area contributed by atoms with Crippen molar-refractivity contribution in [2.75, 3.05) is 13.1 Å². The Morgan fingerprint density at radius 2 is 1.86 bits per heavy atom. The zero-order chi connectivity index (χ0) is 14.9. The first-order chi connectivity index (χ1) is 10.8. The molecular formula is C16H19N3O2S. The molecule has 1 saturated heterocycles. The van der Waals surface area contributed by atoms with Crippen LogP contribution in [0.3, 0.4) is 0 Å². The van der Waals surface area contributed by atoms with Crippen LogP contribution in [0, 0.1) is 0 Å². The molecule has 3 heterocycles. The third-order valence-corrected chi connectivity index (χ3v) is 5.36. The third kappa shape index (κ3) is 2.92. The minimum Gasteiger partial charge on any atom is -0.425 e. The molecule has 22 heavy (non-hydrogen) atoms. The number of hydrogen-bond acceptors (Lipinski definition) is 5. The molecule has 2 aromatic heterocycles. The third-order valence-electron chi connectivity index (χ3n) is 4.49. The molecule has 1 aliphatic carbocycles. The summed E-state index contributed by atoms with van der Waals surface area (Å²) in [6, 6.07) is 4.01. The second-order valence-corrected chi connectivity index (χ2v) is 7.20. The van der Waals surface area contributed by atoms with Gasteiger partial charge in [0.05, 0.1) is 6.42 Å². The number of aromatic nitrogens is 2. The van der Waals surface area contributed by atoms with E-state index in [0.717, 1.165) is 42.6 Å². The Balaban J connectivity index is 1.32. The van der Waals surface area contributed by atoms with Crippen molar-refractivity contribution >= 4 is 17.2 Å². The minimum absolute atomic E-state index is 0.227. The molecule has 2 aromatic rings. The minimum atomic E-state index is 0.227. The van der Waals surface area contributed by atoms with Gasteiger partial charge in [0, 0.05) is 29.8 Å². The number of rotatable bonds is 4. The van der Waals surface area contributed by atoms with Crippen molar-refractivity contribution in [1.82, 2.24) is 15.1 Å². The lowest BCUT2D eigenvalue weighted by Gasteiger charge is -2.30. The summed E-state index contributed by atoms with van der Waals surface area (Å²) in [5.41, 5.74) is 0. The van der Waals surface area contributed by atoms with Gasteiger partial charge in [0.15, 0.2) is 0 Å². The van der Waals surface area contributed by atoms with Crippen molar-refractivity contribution < 1.29 is 9.21 Å². The number of carbonyl (C=O) groups excluding carboxylic acids is 1. The van der Waals surface area contributed by atoms with Gasteiger partial charge >= 0.3 is 0 Å². The largest absolute Gasteiger partial charge is 0.425 e. The summed E-state index contributed by atoms with van der Waals surface area (Å²) in [4.78, 5) is 15.4. The molecular weight excluding hydrogens is 298 g/mol. The van der Waals surface area contributed by atoms with E-state index in [4.69, 9.17) is 4.42 Å². The number of thiophene rings is 1. The predicted octanol–water partition coefficient (Wildman–Crippen LogP) is 2.96. The Morgan fingerprint density at radius 1 is 1.18 bits per heavy atom. The van der Waals surface area contributed by atoms with Crippen LogP contribution in [0.15, 0.2) is 21.9 Å². The average Bonchev–Trinajstić information content (AvgIpc) is 3.06. The molecule has 5 nitrogen and oxygen atoms in total. The molecule has 2 aliphatic rings. The SMILES string of the molecule is O=C(Cc1cccs1)N1CCC(c2nnc(C3CC3)o2)CC1. The van der Waals surface area contributed by atoms with E-state index >= 15 is 0 Å². The Kier molecular flexibility index (Phi) is 3.70. The van der Waals surface area contributed by atoms with Crippen LogP contribution >= 0.6 is 11.3 Å². The average molecular weight is 317 g/mol. The molecule has 2 fully saturated rings. The lowest BCUT2D eigenvalue weighted by molar-refractivity contribution is -0.131. The zero-order valence-corrected chi connectivity index (χ0v) is 13.2. The van der Waals surface area contributed by atoms with E-state index in [0.29, 0.717) is 18.3 Å². The van der Waals surface area contributed by atoms with E-state index < -0.39 is 0 Å². The van der Waals surface area contributed by atoms with Crippen LogP contribution in [0.2, 0.25) is 0 Å². The molecule has 0 N–H and O–H groups in total. The lowest BCUT2D eigenvalue weighted by Crippen LogP contribution is -2.38. The number of hydrogen-bond donors (Lipinski definition) is 0. The van der Waals surface area contributed by atoms with Gasteiger partial charge in [-0.1, -0.05) is 6.07 Å². The molecule has 116 valence electrons.